The van der Waals surface area contributed by atoms with E-state index < -0.39 is 6.10 Å². The van der Waals surface area contributed by atoms with E-state index in [-0.39, 0.29) is 11.9 Å². The zero-order valence-electron chi connectivity index (χ0n) is 17.3. The second-order valence-corrected chi connectivity index (χ2v) is 7.04. The topological polar surface area (TPSA) is 47.6 Å². The first-order chi connectivity index (χ1) is 12.9. The molecular formula is C23H31NO3. The lowest BCUT2D eigenvalue weighted by Gasteiger charge is -2.23. The Labute approximate surface area is 162 Å². The molecule has 2 aromatic rings. The van der Waals surface area contributed by atoms with Gasteiger partial charge in [-0.25, -0.2) is 0 Å². The van der Waals surface area contributed by atoms with Gasteiger partial charge in [-0.2, -0.15) is 0 Å². The first kappa shape index (κ1) is 20.8. The van der Waals surface area contributed by atoms with Gasteiger partial charge in [0, 0.05) is 0 Å². The lowest BCUT2D eigenvalue weighted by atomic mass is 10.0. The van der Waals surface area contributed by atoms with Crippen molar-refractivity contribution in [1.82, 2.24) is 5.32 Å². The highest BCUT2D eigenvalue weighted by Gasteiger charge is 2.22. The summed E-state index contributed by atoms with van der Waals surface area (Å²) in [5.74, 6) is 1.50. The number of amides is 1. The summed E-state index contributed by atoms with van der Waals surface area (Å²) in [7, 11) is 1.66. The van der Waals surface area contributed by atoms with Crippen LogP contribution in [0, 0.1) is 20.8 Å². The zero-order valence-corrected chi connectivity index (χ0v) is 17.3. The monoisotopic (exact) mass is 369 g/mol. The van der Waals surface area contributed by atoms with Gasteiger partial charge in [-0.3, -0.25) is 4.79 Å². The molecule has 2 aromatic carbocycles. The molecule has 0 saturated heterocycles. The molecular weight excluding hydrogens is 338 g/mol. The molecule has 2 atom stereocenters. The van der Waals surface area contributed by atoms with Crippen LogP contribution in [0.2, 0.25) is 0 Å². The van der Waals surface area contributed by atoms with E-state index in [0.29, 0.717) is 6.42 Å². The van der Waals surface area contributed by atoms with E-state index in [2.05, 4.69) is 24.4 Å². The molecule has 0 radical (unpaired) electrons. The number of carbonyl (C=O) groups excluding carboxylic acids is 1. The maximum atomic E-state index is 12.8. The minimum atomic E-state index is -0.514. The highest BCUT2D eigenvalue weighted by molar-refractivity contribution is 5.81. The van der Waals surface area contributed by atoms with Crippen LogP contribution in [-0.4, -0.2) is 19.1 Å². The van der Waals surface area contributed by atoms with Gasteiger partial charge in [0.15, 0.2) is 6.10 Å². The Morgan fingerprint density at radius 2 is 1.67 bits per heavy atom. The number of carbonyl (C=O) groups is 1. The van der Waals surface area contributed by atoms with Gasteiger partial charge in [-0.05, 0) is 74.1 Å². The Balaban J connectivity index is 2.12. The van der Waals surface area contributed by atoms with E-state index in [1.54, 1.807) is 7.11 Å². The van der Waals surface area contributed by atoms with Crippen molar-refractivity contribution in [2.45, 2.75) is 59.6 Å². The number of hydrogen-bond donors (Lipinski definition) is 1. The van der Waals surface area contributed by atoms with Gasteiger partial charge in [-0.1, -0.05) is 32.0 Å². The molecule has 0 aliphatic carbocycles. The minimum Gasteiger partial charge on any atom is -0.496 e. The second kappa shape index (κ2) is 9.45. The number of hydrogen-bond acceptors (Lipinski definition) is 3. The van der Waals surface area contributed by atoms with Crippen LogP contribution in [0.4, 0.5) is 0 Å². The first-order valence-corrected chi connectivity index (χ1v) is 9.57. The Morgan fingerprint density at radius 1 is 1.00 bits per heavy atom. The maximum absolute atomic E-state index is 12.8. The molecule has 4 nitrogen and oxygen atoms in total. The third-order valence-electron chi connectivity index (χ3n) is 4.68. The van der Waals surface area contributed by atoms with E-state index >= 15 is 0 Å². The van der Waals surface area contributed by atoms with Crippen LogP contribution in [0.5, 0.6) is 11.5 Å². The van der Waals surface area contributed by atoms with E-state index in [4.69, 9.17) is 9.47 Å². The normalized spacial score (nSPS) is 13.0. The number of rotatable bonds is 8. The van der Waals surface area contributed by atoms with Crippen molar-refractivity contribution < 1.29 is 14.3 Å². The van der Waals surface area contributed by atoms with Crippen LogP contribution in [0.15, 0.2) is 36.4 Å². The van der Waals surface area contributed by atoms with Crippen LogP contribution in [0.25, 0.3) is 0 Å². The average molecular weight is 370 g/mol. The summed E-state index contributed by atoms with van der Waals surface area (Å²) in [6, 6.07) is 12.0. The fourth-order valence-electron chi connectivity index (χ4n) is 3.29. The highest BCUT2D eigenvalue weighted by atomic mass is 16.5. The molecule has 0 spiro atoms. The van der Waals surface area contributed by atoms with Crippen molar-refractivity contribution in [3.05, 3.63) is 58.7 Å². The summed E-state index contributed by atoms with van der Waals surface area (Å²) in [6.45, 7) is 10.1. The van der Waals surface area contributed by atoms with Crippen molar-refractivity contribution in [1.29, 1.82) is 0 Å². The van der Waals surface area contributed by atoms with E-state index in [9.17, 15) is 4.79 Å². The molecule has 0 fully saturated rings. The van der Waals surface area contributed by atoms with Gasteiger partial charge in [0.1, 0.15) is 11.5 Å². The van der Waals surface area contributed by atoms with Gasteiger partial charge in [-0.15, -0.1) is 0 Å². The molecule has 1 N–H and O–H groups in total. The zero-order chi connectivity index (χ0) is 20.0. The molecule has 0 bridgehead atoms. The van der Waals surface area contributed by atoms with Crippen LogP contribution in [0.1, 0.15) is 55.0 Å². The second-order valence-electron chi connectivity index (χ2n) is 7.04. The third kappa shape index (κ3) is 5.49. The average Bonchev–Trinajstić information content (AvgIpc) is 2.63. The Hall–Kier alpha value is -2.49. The van der Waals surface area contributed by atoms with Gasteiger partial charge in [0.2, 0.25) is 0 Å². The van der Waals surface area contributed by atoms with E-state index in [1.165, 1.54) is 0 Å². The molecule has 0 unspecified atom stereocenters. The Kier molecular flexibility index (Phi) is 7.28. The van der Waals surface area contributed by atoms with E-state index in [0.717, 1.165) is 40.2 Å². The Bertz CT molecular complexity index is 765. The molecule has 1 amide bonds. The predicted octanol–water partition coefficient (Wildman–Crippen LogP) is 5.05. The van der Waals surface area contributed by atoms with Gasteiger partial charge in [0.05, 0.1) is 13.2 Å². The smallest absolute Gasteiger partial charge is 0.261 e. The quantitative estimate of drug-likeness (QED) is 0.709. The fraction of sp³-hybridized carbons (Fsp3) is 0.435. The fourth-order valence-corrected chi connectivity index (χ4v) is 3.29. The minimum absolute atomic E-state index is 0.0565. The molecule has 0 heterocycles. The number of ether oxygens (including phenoxy) is 2. The summed E-state index contributed by atoms with van der Waals surface area (Å²) in [6.07, 6.45) is 0.897. The number of nitrogens with one attached hydrogen (secondary N) is 1. The number of benzene rings is 2. The van der Waals surface area contributed by atoms with Crippen molar-refractivity contribution >= 4 is 5.91 Å². The van der Waals surface area contributed by atoms with Crippen molar-refractivity contribution in [3.63, 3.8) is 0 Å². The summed E-state index contributed by atoms with van der Waals surface area (Å²) in [5.41, 5.74) is 4.38. The molecule has 0 aliphatic rings. The lowest BCUT2D eigenvalue weighted by molar-refractivity contribution is -0.128. The molecule has 27 heavy (non-hydrogen) atoms. The van der Waals surface area contributed by atoms with Gasteiger partial charge >= 0.3 is 0 Å². The molecule has 4 heteroatoms. The van der Waals surface area contributed by atoms with Crippen LogP contribution in [-0.2, 0) is 4.79 Å². The molecule has 146 valence electrons. The summed E-state index contributed by atoms with van der Waals surface area (Å²) in [5, 5.41) is 3.14. The summed E-state index contributed by atoms with van der Waals surface area (Å²) in [4.78, 5) is 12.8. The Morgan fingerprint density at radius 3 is 2.19 bits per heavy atom. The molecule has 2 rings (SSSR count). The van der Waals surface area contributed by atoms with Crippen molar-refractivity contribution in [2.24, 2.45) is 0 Å². The first-order valence-electron chi connectivity index (χ1n) is 9.57. The maximum Gasteiger partial charge on any atom is 0.261 e. The number of aryl methyl sites for hydroxylation is 3. The SMILES string of the molecule is CC[C@H](NC(=O)[C@@H](CC)Oc1cc(C)cc(C)c1)c1ccc(OC)c(C)c1. The van der Waals surface area contributed by atoms with Gasteiger partial charge < -0.3 is 14.8 Å². The lowest BCUT2D eigenvalue weighted by Crippen LogP contribution is -2.40. The van der Waals surface area contributed by atoms with Crippen LogP contribution in [0.3, 0.4) is 0 Å². The highest BCUT2D eigenvalue weighted by Crippen LogP contribution is 2.25. The number of methoxy groups -OCH3 is 1. The van der Waals surface area contributed by atoms with Crippen molar-refractivity contribution in [3.8, 4) is 11.5 Å². The van der Waals surface area contributed by atoms with Crippen LogP contribution >= 0.6 is 0 Å². The molecule has 0 saturated carbocycles. The largest absolute Gasteiger partial charge is 0.496 e. The van der Waals surface area contributed by atoms with Gasteiger partial charge in [0.25, 0.3) is 5.91 Å². The predicted molar refractivity (Wildman–Crippen MR) is 110 cm³/mol. The van der Waals surface area contributed by atoms with Crippen LogP contribution < -0.4 is 14.8 Å². The summed E-state index contributed by atoms with van der Waals surface area (Å²) >= 11 is 0. The molecule has 0 aliphatic heterocycles. The standard InChI is InChI=1S/C23H31NO3/c1-7-20(18-9-10-22(26-6)17(5)14-18)24-23(25)21(8-2)27-19-12-15(3)11-16(4)13-19/h9-14,20-21H,7-8H2,1-6H3,(H,24,25)/t20-,21+/m0/s1. The molecule has 0 aromatic heterocycles. The van der Waals surface area contributed by atoms with E-state index in [1.807, 2.05) is 52.0 Å². The summed E-state index contributed by atoms with van der Waals surface area (Å²) < 4.78 is 11.3. The third-order valence-corrected chi connectivity index (χ3v) is 4.68. The van der Waals surface area contributed by atoms with Crippen molar-refractivity contribution in [2.75, 3.05) is 7.11 Å².